The van der Waals surface area contributed by atoms with Crippen LogP contribution in [0, 0.1) is 0 Å². The topological polar surface area (TPSA) is 25.8 Å². The highest BCUT2D eigenvalue weighted by molar-refractivity contribution is 5.57. The van der Waals surface area contributed by atoms with E-state index in [0.717, 1.165) is 11.3 Å². The van der Waals surface area contributed by atoms with Crippen molar-refractivity contribution in [1.82, 2.24) is 9.97 Å². The van der Waals surface area contributed by atoms with Crippen molar-refractivity contribution in [2.75, 3.05) is 0 Å². The summed E-state index contributed by atoms with van der Waals surface area (Å²) in [5.74, 6) is 0. The molecule has 0 bridgehead atoms. The SMILES string of the molecule is [3H]c1ccccc1-c1ccncn1. The summed E-state index contributed by atoms with van der Waals surface area (Å²) in [5.41, 5.74) is 1.63. The molecule has 1 aromatic carbocycles. The van der Waals surface area contributed by atoms with E-state index in [1.807, 2.05) is 18.2 Å². The van der Waals surface area contributed by atoms with Gasteiger partial charge < -0.3 is 0 Å². The third kappa shape index (κ3) is 1.32. The Bertz CT molecular complexity index is 401. The van der Waals surface area contributed by atoms with Crippen LogP contribution < -0.4 is 0 Å². The Kier molecular flexibility index (Phi) is 1.54. The number of hydrogen-bond donors (Lipinski definition) is 0. The zero-order chi connectivity index (χ0) is 9.10. The Morgan fingerprint density at radius 2 is 2.17 bits per heavy atom. The molecular weight excluding hydrogens is 148 g/mol. The van der Waals surface area contributed by atoms with Crippen molar-refractivity contribution >= 4 is 0 Å². The van der Waals surface area contributed by atoms with Crippen LogP contribution in [-0.4, -0.2) is 9.97 Å². The summed E-state index contributed by atoms with van der Waals surface area (Å²) in [6.07, 6.45) is 3.16. The summed E-state index contributed by atoms with van der Waals surface area (Å²) < 4.78 is 7.65. The summed E-state index contributed by atoms with van der Waals surface area (Å²) in [6, 6.07) is 9.65. The molecule has 0 fully saturated rings. The summed E-state index contributed by atoms with van der Waals surface area (Å²) in [6.45, 7) is 0. The van der Waals surface area contributed by atoms with Crippen LogP contribution in [0.4, 0.5) is 0 Å². The minimum absolute atomic E-state index is 0.487. The summed E-state index contributed by atoms with van der Waals surface area (Å²) in [4.78, 5) is 7.91. The standard InChI is InChI=1S/C10H8N2/c1-2-4-9(5-3-1)10-6-7-11-8-12-10/h1-8H/i4T. The summed E-state index contributed by atoms with van der Waals surface area (Å²) in [5, 5.41) is 0. The van der Waals surface area contributed by atoms with Gasteiger partial charge in [0, 0.05) is 11.8 Å². The second-order valence-corrected chi connectivity index (χ2v) is 2.37. The molecule has 0 aliphatic rings. The van der Waals surface area contributed by atoms with Crippen LogP contribution in [-0.2, 0) is 0 Å². The molecule has 2 rings (SSSR count). The maximum absolute atomic E-state index is 7.65. The van der Waals surface area contributed by atoms with Gasteiger partial charge in [-0.3, -0.25) is 0 Å². The molecule has 0 amide bonds. The first-order valence-corrected chi connectivity index (χ1v) is 3.70. The molecule has 1 heterocycles. The van der Waals surface area contributed by atoms with E-state index in [-0.39, 0.29) is 0 Å². The Morgan fingerprint density at radius 1 is 1.17 bits per heavy atom. The van der Waals surface area contributed by atoms with Gasteiger partial charge in [-0.1, -0.05) is 30.3 Å². The zero-order valence-corrected chi connectivity index (χ0v) is 6.44. The van der Waals surface area contributed by atoms with E-state index in [1.165, 1.54) is 6.33 Å². The first-order chi connectivity index (χ1) is 6.38. The molecule has 2 aromatic rings. The summed E-state index contributed by atoms with van der Waals surface area (Å²) >= 11 is 0. The molecule has 0 saturated heterocycles. The highest BCUT2D eigenvalue weighted by atomic mass is 14.8. The molecule has 1 aromatic heterocycles. The molecule has 12 heavy (non-hydrogen) atoms. The molecule has 0 aliphatic carbocycles. The molecule has 0 saturated carbocycles. The van der Waals surface area contributed by atoms with Crippen LogP contribution >= 0.6 is 0 Å². The van der Waals surface area contributed by atoms with Gasteiger partial charge in [0.2, 0.25) is 0 Å². The molecule has 0 atom stereocenters. The highest BCUT2D eigenvalue weighted by Gasteiger charge is 1.94. The van der Waals surface area contributed by atoms with Gasteiger partial charge in [-0.2, -0.15) is 0 Å². The van der Waals surface area contributed by atoms with Gasteiger partial charge in [-0.05, 0) is 6.07 Å². The predicted octanol–water partition coefficient (Wildman–Crippen LogP) is 2.14. The second-order valence-electron chi connectivity index (χ2n) is 2.37. The number of nitrogens with zero attached hydrogens (tertiary/aromatic N) is 2. The monoisotopic (exact) mass is 158 g/mol. The molecule has 0 spiro atoms. The van der Waals surface area contributed by atoms with E-state index in [4.69, 9.17) is 1.37 Å². The Morgan fingerprint density at radius 3 is 2.92 bits per heavy atom. The van der Waals surface area contributed by atoms with Gasteiger partial charge >= 0.3 is 0 Å². The fourth-order valence-corrected chi connectivity index (χ4v) is 1.00. The number of benzene rings is 1. The summed E-state index contributed by atoms with van der Waals surface area (Å²) in [7, 11) is 0. The van der Waals surface area contributed by atoms with E-state index in [9.17, 15) is 0 Å². The smallest absolute Gasteiger partial charge is 0.116 e. The third-order valence-electron chi connectivity index (χ3n) is 1.57. The van der Waals surface area contributed by atoms with Crippen LogP contribution in [0.5, 0.6) is 0 Å². The van der Waals surface area contributed by atoms with Gasteiger partial charge in [-0.15, -0.1) is 0 Å². The lowest BCUT2D eigenvalue weighted by Crippen LogP contribution is -1.82. The number of rotatable bonds is 1. The third-order valence-corrected chi connectivity index (χ3v) is 1.57. The zero-order valence-electron chi connectivity index (χ0n) is 7.44. The molecule has 2 heteroatoms. The average molecular weight is 158 g/mol. The van der Waals surface area contributed by atoms with Crippen LogP contribution in [0.25, 0.3) is 11.3 Å². The maximum Gasteiger partial charge on any atom is 0.116 e. The molecule has 0 radical (unpaired) electrons. The van der Waals surface area contributed by atoms with Crippen molar-refractivity contribution in [3.8, 4) is 11.3 Å². The molecule has 0 N–H and O–H groups in total. The Hall–Kier alpha value is -1.70. The molecule has 58 valence electrons. The minimum atomic E-state index is 0.487. The van der Waals surface area contributed by atoms with E-state index in [1.54, 1.807) is 18.3 Å². The van der Waals surface area contributed by atoms with Crippen molar-refractivity contribution in [2.24, 2.45) is 0 Å². The van der Waals surface area contributed by atoms with E-state index >= 15 is 0 Å². The molecule has 2 nitrogen and oxygen atoms in total. The van der Waals surface area contributed by atoms with Crippen molar-refractivity contribution in [3.05, 3.63) is 48.9 Å². The Labute approximate surface area is 72.3 Å². The van der Waals surface area contributed by atoms with Gasteiger partial charge in [0.15, 0.2) is 0 Å². The maximum atomic E-state index is 7.65. The second kappa shape index (κ2) is 3.13. The van der Waals surface area contributed by atoms with E-state index < -0.39 is 0 Å². The molecular formula is C10H8N2. The average Bonchev–Trinajstić information content (AvgIpc) is 2.20. The highest BCUT2D eigenvalue weighted by Crippen LogP contribution is 2.13. The van der Waals surface area contributed by atoms with Crippen LogP contribution in [0.15, 0.2) is 48.9 Å². The van der Waals surface area contributed by atoms with Gasteiger partial charge in [0.05, 0.1) is 7.06 Å². The first-order valence-electron chi connectivity index (χ1n) is 4.20. The normalized spacial score (nSPS) is 10.8. The quantitative estimate of drug-likeness (QED) is 0.635. The number of hydrogen-bond acceptors (Lipinski definition) is 2. The van der Waals surface area contributed by atoms with Crippen LogP contribution in [0.2, 0.25) is 0 Å². The van der Waals surface area contributed by atoms with E-state index in [0.29, 0.717) is 6.04 Å². The van der Waals surface area contributed by atoms with Crippen molar-refractivity contribution < 1.29 is 1.37 Å². The predicted molar refractivity (Wildman–Crippen MR) is 47.5 cm³/mol. The Balaban J connectivity index is 2.54. The van der Waals surface area contributed by atoms with Gasteiger partial charge in [-0.25, -0.2) is 9.97 Å². The molecule has 0 aliphatic heterocycles. The first kappa shape index (κ1) is 5.89. The molecule has 0 unspecified atom stereocenters. The lowest BCUT2D eigenvalue weighted by Gasteiger charge is -1.96. The lowest BCUT2D eigenvalue weighted by atomic mass is 10.1. The fraction of sp³-hybridized carbons (Fsp3) is 0. The van der Waals surface area contributed by atoms with Gasteiger partial charge in [0.1, 0.15) is 6.33 Å². The van der Waals surface area contributed by atoms with E-state index in [2.05, 4.69) is 9.97 Å². The van der Waals surface area contributed by atoms with Crippen molar-refractivity contribution in [1.29, 1.82) is 0 Å². The van der Waals surface area contributed by atoms with Gasteiger partial charge in [0.25, 0.3) is 0 Å². The van der Waals surface area contributed by atoms with Crippen molar-refractivity contribution in [3.63, 3.8) is 0 Å². The number of aromatic nitrogens is 2. The van der Waals surface area contributed by atoms with Crippen molar-refractivity contribution in [2.45, 2.75) is 0 Å². The fourth-order valence-electron chi connectivity index (χ4n) is 1.00. The van der Waals surface area contributed by atoms with Crippen LogP contribution in [0.1, 0.15) is 1.37 Å². The minimum Gasteiger partial charge on any atom is -0.245 e. The largest absolute Gasteiger partial charge is 0.245 e. The lowest BCUT2D eigenvalue weighted by molar-refractivity contribution is 1.17. The van der Waals surface area contributed by atoms with Crippen LogP contribution in [0.3, 0.4) is 0 Å².